The van der Waals surface area contributed by atoms with E-state index in [4.69, 9.17) is 0 Å². The molecule has 96 valence electrons. The lowest BCUT2D eigenvalue weighted by Gasteiger charge is -2.23. The van der Waals surface area contributed by atoms with Crippen LogP contribution < -0.4 is 0 Å². The summed E-state index contributed by atoms with van der Waals surface area (Å²) in [5.74, 6) is 0.000871. The fourth-order valence-electron chi connectivity index (χ4n) is 2.30. The molecule has 0 radical (unpaired) electrons. The number of aryl methyl sites for hydroxylation is 1. The van der Waals surface area contributed by atoms with E-state index in [0.717, 1.165) is 18.5 Å². The summed E-state index contributed by atoms with van der Waals surface area (Å²) in [4.78, 5) is 33.4. The molecule has 1 aliphatic rings. The number of aromatic nitrogens is 2. The summed E-state index contributed by atoms with van der Waals surface area (Å²) < 4.78 is 0. The number of rotatable bonds is 3. The monoisotopic (exact) mass is 247 g/mol. The summed E-state index contributed by atoms with van der Waals surface area (Å²) in [5.41, 5.74) is 1.14. The lowest BCUT2D eigenvalue weighted by Crippen LogP contribution is -2.37. The molecule has 18 heavy (non-hydrogen) atoms. The number of Topliss-reactive ketones (excluding diaryl/α,β-unsaturated/α-hetero) is 1. The Labute approximate surface area is 106 Å². The smallest absolute Gasteiger partial charge is 0.274 e. The molecule has 1 aliphatic heterocycles. The minimum Gasteiger partial charge on any atom is -0.334 e. The SMILES string of the molecule is CC(=O)CC1CCCN1C(=O)c1cnc(C)cn1. The fourth-order valence-corrected chi connectivity index (χ4v) is 2.30. The summed E-state index contributed by atoms with van der Waals surface area (Å²) in [6.07, 6.45) is 5.36. The highest BCUT2D eigenvalue weighted by atomic mass is 16.2. The normalized spacial score (nSPS) is 19.0. The average Bonchev–Trinajstić information content (AvgIpc) is 2.76. The molecule has 1 aromatic heterocycles. The molecule has 0 bridgehead atoms. The molecule has 0 saturated carbocycles. The maximum Gasteiger partial charge on any atom is 0.274 e. The van der Waals surface area contributed by atoms with E-state index >= 15 is 0 Å². The second-order valence-corrected chi connectivity index (χ2v) is 4.74. The largest absolute Gasteiger partial charge is 0.334 e. The maximum atomic E-state index is 12.3. The summed E-state index contributed by atoms with van der Waals surface area (Å²) >= 11 is 0. The van der Waals surface area contributed by atoms with E-state index in [1.165, 1.54) is 6.20 Å². The van der Waals surface area contributed by atoms with E-state index in [9.17, 15) is 9.59 Å². The molecule has 0 aromatic carbocycles. The molecular formula is C13H17N3O2. The van der Waals surface area contributed by atoms with Crippen LogP contribution in [0.1, 0.15) is 42.4 Å². The molecular weight excluding hydrogens is 230 g/mol. The molecule has 2 rings (SSSR count). The highest BCUT2D eigenvalue weighted by molar-refractivity contribution is 5.92. The Morgan fingerprint density at radius 1 is 1.39 bits per heavy atom. The Balaban J connectivity index is 2.12. The van der Waals surface area contributed by atoms with Crippen LogP contribution in [-0.2, 0) is 4.79 Å². The molecule has 1 saturated heterocycles. The third-order valence-electron chi connectivity index (χ3n) is 3.16. The first-order valence-corrected chi connectivity index (χ1v) is 6.17. The van der Waals surface area contributed by atoms with Gasteiger partial charge in [-0.15, -0.1) is 0 Å². The second-order valence-electron chi connectivity index (χ2n) is 4.74. The molecule has 1 amide bonds. The molecule has 1 unspecified atom stereocenters. The van der Waals surface area contributed by atoms with Gasteiger partial charge in [-0.2, -0.15) is 0 Å². The van der Waals surface area contributed by atoms with Crippen molar-refractivity contribution in [2.75, 3.05) is 6.54 Å². The van der Waals surface area contributed by atoms with Crippen LogP contribution in [0.25, 0.3) is 0 Å². The zero-order valence-electron chi connectivity index (χ0n) is 10.7. The Kier molecular flexibility index (Phi) is 3.69. The average molecular weight is 247 g/mol. The molecule has 1 fully saturated rings. The van der Waals surface area contributed by atoms with Crippen molar-refractivity contribution in [1.82, 2.24) is 14.9 Å². The first-order valence-electron chi connectivity index (χ1n) is 6.17. The number of hydrogen-bond donors (Lipinski definition) is 0. The number of carbonyl (C=O) groups is 2. The third kappa shape index (κ3) is 2.72. The molecule has 0 spiro atoms. The van der Waals surface area contributed by atoms with Crippen molar-refractivity contribution in [3.05, 3.63) is 23.8 Å². The van der Waals surface area contributed by atoms with Crippen LogP contribution in [-0.4, -0.2) is 39.1 Å². The summed E-state index contributed by atoms with van der Waals surface area (Å²) in [6.45, 7) is 4.09. The van der Waals surface area contributed by atoms with Gasteiger partial charge in [-0.1, -0.05) is 0 Å². The number of hydrogen-bond acceptors (Lipinski definition) is 4. The second kappa shape index (κ2) is 5.25. The van der Waals surface area contributed by atoms with Crippen LogP contribution in [0, 0.1) is 6.92 Å². The summed E-state index contributed by atoms with van der Waals surface area (Å²) in [5, 5.41) is 0. The van der Waals surface area contributed by atoms with Gasteiger partial charge in [0.2, 0.25) is 0 Å². The molecule has 2 heterocycles. The Hall–Kier alpha value is -1.78. The van der Waals surface area contributed by atoms with E-state index < -0.39 is 0 Å². The summed E-state index contributed by atoms with van der Waals surface area (Å²) in [6, 6.07) is 0.0260. The van der Waals surface area contributed by atoms with Gasteiger partial charge < -0.3 is 4.90 Å². The van der Waals surface area contributed by atoms with E-state index in [1.807, 2.05) is 6.92 Å². The highest BCUT2D eigenvalue weighted by Crippen LogP contribution is 2.22. The van der Waals surface area contributed by atoms with Gasteiger partial charge in [0.25, 0.3) is 5.91 Å². The van der Waals surface area contributed by atoms with Crippen molar-refractivity contribution in [2.45, 2.75) is 39.2 Å². The molecule has 1 aromatic rings. The third-order valence-corrected chi connectivity index (χ3v) is 3.16. The summed E-state index contributed by atoms with van der Waals surface area (Å²) in [7, 11) is 0. The van der Waals surface area contributed by atoms with Gasteiger partial charge in [0.1, 0.15) is 11.5 Å². The van der Waals surface area contributed by atoms with E-state index in [2.05, 4.69) is 9.97 Å². The standard InChI is InChI=1S/C13H17N3O2/c1-9-7-15-12(8-14-9)13(18)16-5-3-4-11(16)6-10(2)17/h7-8,11H,3-6H2,1-2H3. The van der Waals surface area contributed by atoms with Gasteiger partial charge in [0.05, 0.1) is 11.9 Å². The zero-order valence-corrected chi connectivity index (χ0v) is 10.7. The number of carbonyl (C=O) groups excluding carboxylic acids is 2. The minimum absolute atomic E-state index is 0.0260. The first kappa shape index (κ1) is 12.7. The van der Waals surface area contributed by atoms with Crippen LogP contribution in [0.2, 0.25) is 0 Å². The van der Waals surface area contributed by atoms with Crippen molar-refractivity contribution in [3.63, 3.8) is 0 Å². The van der Waals surface area contributed by atoms with Crippen LogP contribution >= 0.6 is 0 Å². The zero-order chi connectivity index (χ0) is 13.1. The van der Waals surface area contributed by atoms with Crippen molar-refractivity contribution in [3.8, 4) is 0 Å². The van der Waals surface area contributed by atoms with Crippen molar-refractivity contribution < 1.29 is 9.59 Å². The van der Waals surface area contributed by atoms with Crippen LogP contribution in [0.5, 0.6) is 0 Å². The van der Waals surface area contributed by atoms with Crippen molar-refractivity contribution in [2.24, 2.45) is 0 Å². The molecule has 5 nitrogen and oxygen atoms in total. The molecule has 0 aliphatic carbocycles. The Bertz CT molecular complexity index is 456. The Morgan fingerprint density at radius 3 is 2.78 bits per heavy atom. The van der Waals surface area contributed by atoms with Crippen molar-refractivity contribution in [1.29, 1.82) is 0 Å². The highest BCUT2D eigenvalue weighted by Gasteiger charge is 2.30. The fraction of sp³-hybridized carbons (Fsp3) is 0.538. The van der Waals surface area contributed by atoms with Gasteiger partial charge in [-0.05, 0) is 26.7 Å². The first-order chi connectivity index (χ1) is 8.58. The molecule has 0 N–H and O–H groups in total. The number of ketones is 1. The number of nitrogens with zero attached hydrogens (tertiary/aromatic N) is 3. The molecule has 1 atom stereocenters. The maximum absolute atomic E-state index is 12.3. The topological polar surface area (TPSA) is 63.2 Å². The quantitative estimate of drug-likeness (QED) is 0.809. The van der Waals surface area contributed by atoms with Gasteiger partial charge in [0.15, 0.2) is 0 Å². The van der Waals surface area contributed by atoms with E-state index in [-0.39, 0.29) is 17.7 Å². The van der Waals surface area contributed by atoms with Gasteiger partial charge >= 0.3 is 0 Å². The van der Waals surface area contributed by atoms with Gasteiger partial charge in [-0.25, -0.2) is 4.98 Å². The van der Waals surface area contributed by atoms with E-state index in [0.29, 0.717) is 18.7 Å². The van der Waals surface area contributed by atoms with E-state index in [1.54, 1.807) is 18.0 Å². The lowest BCUT2D eigenvalue weighted by atomic mass is 10.1. The minimum atomic E-state index is -0.119. The van der Waals surface area contributed by atoms with Crippen LogP contribution in [0.3, 0.4) is 0 Å². The predicted molar refractivity (Wildman–Crippen MR) is 66.1 cm³/mol. The van der Waals surface area contributed by atoms with Gasteiger partial charge in [0, 0.05) is 25.2 Å². The number of amides is 1. The lowest BCUT2D eigenvalue weighted by molar-refractivity contribution is -0.117. The predicted octanol–water partition coefficient (Wildman–Crippen LogP) is 1.37. The van der Waals surface area contributed by atoms with Crippen LogP contribution in [0.15, 0.2) is 12.4 Å². The number of likely N-dealkylation sites (tertiary alicyclic amines) is 1. The Morgan fingerprint density at radius 2 is 2.17 bits per heavy atom. The van der Waals surface area contributed by atoms with Gasteiger partial charge in [-0.3, -0.25) is 14.6 Å². The van der Waals surface area contributed by atoms with Crippen molar-refractivity contribution >= 4 is 11.7 Å². The molecule has 5 heteroatoms. The van der Waals surface area contributed by atoms with Crippen LogP contribution in [0.4, 0.5) is 0 Å².